The molecule has 0 heterocycles. The minimum absolute atomic E-state index is 0.123. The molecule has 1 fully saturated rings. The molecule has 1 aliphatic carbocycles. The van der Waals surface area contributed by atoms with E-state index in [2.05, 4.69) is 31.0 Å². The Labute approximate surface area is 118 Å². The standard InChI is InChI=1S/C15H31N3O/c1-11(2)5-6-12(3)17-15(19)10-18(4)14(9-16)13-7-8-13/h11-14H,5-10,16H2,1-4H3,(H,17,19). The molecule has 1 saturated carbocycles. The van der Waals surface area contributed by atoms with E-state index in [0.717, 1.165) is 12.8 Å². The maximum atomic E-state index is 12.0. The van der Waals surface area contributed by atoms with Crippen LogP contribution in [0.1, 0.15) is 46.5 Å². The summed E-state index contributed by atoms with van der Waals surface area (Å²) >= 11 is 0. The summed E-state index contributed by atoms with van der Waals surface area (Å²) < 4.78 is 0. The molecular formula is C15H31N3O. The SMILES string of the molecule is CC(C)CCC(C)NC(=O)CN(C)C(CN)C1CC1. The van der Waals surface area contributed by atoms with Gasteiger partial charge in [0.25, 0.3) is 0 Å². The molecular weight excluding hydrogens is 238 g/mol. The number of nitrogens with zero attached hydrogens (tertiary/aromatic N) is 1. The van der Waals surface area contributed by atoms with E-state index >= 15 is 0 Å². The van der Waals surface area contributed by atoms with Crippen molar-refractivity contribution in [1.29, 1.82) is 0 Å². The summed E-state index contributed by atoms with van der Waals surface area (Å²) in [6.07, 6.45) is 4.73. The van der Waals surface area contributed by atoms with Crippen molar-refractivity contribution in [3.63, 3.8) is 0 Å². The highest BCUT2D eigenvalue weighted by Gasteiger charge is 2.33. The quantitative estimate of drug-likeness (QED) is 0.668. The van der Waals surface area contributed by atoms with Gasteiger partial charge in [-0.2, -0.15) is 0 Å². The zero-order valence-electron chi connectivity index (χ0n) is 13.0. The molecule has 0 aromatic carbocycles. The fourth-order valence-electron chi connectivity index (χ4n) is 2.53. The van der Waals surface area contributed by atoms with Crippen LogP contribution in [0.2, 0.25) is 0 Å². The summed E-state index contributed by atoms with van der Waals surface area (Å²) in [5.74, 6) is 1.53. The third kappa shape index (κ3) is 6.39. The summed E-state index contributed by atoms with van der Waals surface area (Å²) in [4.78, 5) is 14.1. The molecule has 0 spiro atoms. The van der Waals surface area contributed by atoms with E-state index < -0.39 is 0 Å². The zero-order chi connectivity index (χ0) is 14.4. The van der Waals surface area contributed by atoms with E-state index in [-0.39, 0.29) is 11.9 Å². The van der Waals surface area contributed by atoms with Gasteiger partial charge < -0.3 is 11.1 Å². The van der Waals surface area contributed by atoms with Crippen molar-refractivity contribution in [3.05, 3.63) is 0 Å². The number of hydrogen-bond donors (Lipinski definition) is 2. The zero-order valence-corrected chi connectivity index (χ0v) is 13.0. The molecule has 112 valence electrons. The van der Waals surface area contributed by atoms with Crippen LogP contribution < -0.4 is 11.1 Å². The Hall–Kier alpha value is -0.610. The number of rotatable bonds is 9. The van der Waals surface area contributed by atoms with Crippen LogP contribution in [-0.4, -0.2) is 43.0 Å². The molecule has 3 N–H and O–H groups in total. The Kier molecular flexibility index (Phi) is 6.80. The summed E-state index contributed by atoms with van der Waals surface area (Å²) in [5, 5.41) is 3.08. The Morgan fingerprint density at radius 2 is 1.95 bits per heavy atom. The Bertz CT molecular complexity index is 277. The molecule has 0 bridgehead atoms. The van der Waals surface area contributed by atoms with Crippen LogP contribution in [0.25, 0.3) is 0 Å². The number of nitrogens with one attached hydrogen (secondary N) is 1. The van der Waals surface area contributed by atoms with Crippen LogP contribution in [0.3, 0.4) is 0 Å². The molecule has 2 atom stereocenters. The van der Waals surface area contributed by atoms with Gasteiger partial charge in [-0.3, -0.25) is 9.69 Å². The lowest BCUT2D eigenvalue weighted by atomic mass is 10.0. The molecule has 4 nitrogen and oxygen atoms in total. The number of carbonyl (C=O) groups excluding carboxylic acids is 1. The van der Waals surface area contributed by atoms with E-state index in [1.807, 2.05) is 7.05 Å². The first-order valence-corrected chi connectivity index (χ1v) is 7.63. The Balaban J connectivity index is 2.25. The maximum absolute atomic E-state index is 12.0. The molecule has 0 aromatic heterocycles. The van der Waals surface area contributed by atoms with E-state index in [0.29, 0.717) is 31.0 Å². The smallest absolute Gasteiger partial charge is 0.234 e. The fraction of sp³-hybridized carbons (Fsp3) is 0.933. The second kappa shape index (κ2) is 7.85. The van der Waals surface area contributed by atoms with Crippen molar-refractivity contribution in [1.82, 2.24) is 10.2 Å². The molecule has 1 rings (SSSR count). The molecule has 1 aliphatic rings. The monoisotopic (exact) mass is 269 g/mol. The first-order valence-electron chi connectivity index (χ1n) is 7.63. The summed E-state index contributed by atoms with van der Waals surface area (Å²) in [6, 6.07) is 0.636. The second-order valence-corrected chi connectivity index (χ2v) is 6.50. The highest BCUT2D eigenvalue weighted by atomic mass is 16.2. The molecule has 1 amide bonds. The van der Waals surface area contributed by atoms with E-state index in [1.54, 1.807) is 0 Å². The van der Waals surface area contributed by atoms with Gasteiger partial charge in [0.05, 0.1) is 6.54 Å². The van der Waals surface area contributed by atoms with Crippen molar-refractivity contribution in [2.24, 2.45) is 17.6 Å². The van der Waals surface area contributed by atoms with Gasteiger partial charge in [-0.25, -0.2) is 0 Å². The number of carbonyl (C=O) groups is 1. The topological polar surface area (TPSA) is 58.4 Å². The van der Waals surface area contributed by atoms with Crippen LogP contribution >= 0.6 is 0 Å². The van der Waals surface area contributed by atoms with Crippen LogP contribution in [0, 0.1) is 11.8 Å². The van der Waals surface area contributed by atoms with Gasteiger partial charge in [-0.1, -0.05) is 13.8 Å². The minimum atomic E-state index is 0.123. The van der Waals surface area contributed by atoms with E-state index in [1.165, 1.54) is 12.8 Å². The van der Waals surface area contributed by atoms with Crippen LogP contribution in [-0.2, 0) is 4.79 Å². The second-order valence-electron chi connectivity index (χ2n) is 6.50. The van der Waals surface area contributed by atoms with Gasteiger partial charge in [0, 0.05) is 18.6 Å². The van der Waals surface area contributed by atoms with Gasteiger partial charge in [0.2, 0.25) is 5.91 Å². The summed E-state index contributed by atoms with van der Waals surface area (Å²) in [7, 11) is 2.01. The van der Waals surface area contributed by atoms with Gasteiger partial charge in [0.15, 0.2) is 0 Å². The highest BCUT2D eigenvalue weighted by molar-refractivity contribution is 5.78. The average molecular weight is 269 g/mol. The predicted molar refractivity (Wildman–Crippen MR) is 79.9 cm³/mol. The lowest BCUT2D eigenvalue weighted by Gasteiger charge is -2.27. The largest absolute Gasteiger partial charge is 0.353 e. The number of hydrogen-bond acceptors (Lipinski definition) is 3. The maximum Gasteiger partial charge on any atom is 0.234 e. The molecule has 0 aromatic rings. The van der Waals surface area contributed by atoms with Crippen LogP contribution in [0.4, 0.5) is 0 Å². The highest BCUT2D eigenvalue weighted by Crippen LogP contribution is 2.34. The number of nitrogens with two attached hydrogens (primary N) is 1. The van der Waals surface area contributed by atoms with Crippen molar-refractivity contribution < 1.29 is 4.79 Å². The van der Waals surface area contributed by atoms with Crippen molar-refractivity contribution >= 4 is 5.91 Å². The fourth-order valence-corrected chi connectivity index (χ4v) is 2.53. The summed E-state index contributed by atoms with van der Waals surface area (Å²) in [5.41, 5.74) is 5.80. The molecule has 0 radical (unpaired) electrons. The van der Waals surface area contributed by atoms with Gasteiger partial charge in [0.1, 0.15) is 0 Å². The normalized spacial score (nSPS) is 18.7. The molecule has 2 unspecified atom stereocenters. The van der Waals surface area contributed by atoms with E-state index in [4.69, 9.17) is 5.73 Å². The number of amides is 1. The van der Waals surface area contributed by atoms with Gasteiger partial charge in [-0.15, -0.1) is 0 Å². The van der Waals surface area contributed by atoms with Crippen LogP contribution in [0.5, 0.6) is 0 Å². The van der Waals surface area contributed by atoms with Crippen molar-refractivity contribution in [3.8, 4) is 0 Å². The van der Waals surface area contributed by atoms with Gasteiger partial charge >= 0.3 is 0 Å². The van der Waals surface area contributed by atoms with E-state index in [9.17, 15) is 4.79 Å². The Morgan fingerprint density at radius 3 is 2.42 bits per heavy atom. The molecule has 0 saturated heterocycles. The Morgan fingerprint density at radius 1 is 1.32 bits per heavy atom. The van der Waals surface area contributed by atoms with Gasteiger partial charge in [-0.05, 0) is 51.5 Å². The third-order valence-corrected chi connectivity index (χ3v) is 3.95. The first-order chi connectivity index (χ1) is 8.93. The molecule has 19 heavy (non-hydrogen) atoms. The minimum Gasteiger partial charge on any atom is -0.353 e. The third-order valence-electron chi connectivity index (χ3n) is 3.95. The first kappa shape index (κ1) is 16.4. The molecule has 0 aliphatic heterocycles. The lowest BCUT2D eigenvalue weighted by molar-refractivity contribution is -0.123. The number of likely N-dealkylation sites (N-methyl/N-ethyl adjacent to an activating group) is 1. The predicted octanol–water partition coefficient (Wildman–Crippen LogP) is 1.60. The molecule has 4 heteroatoms. The lowest BCUT2D eigenvalue weighted by Crippen LogP contribution is -2.46. The van der Waals surface area contributed by atoms with Crippen molar-refractivity contribution in [2.75, 3.05) is 20.1 Å². The average Bonchev–Trinajstić information content (AvgIpc) is 3.11. The van der Waals surface area contributed by atoms with Crippen molar-refractivity contribution in [2.45, 2.75) is 58.5 Å². The summed E-state index contributed by atoms with van der Waals surface area (Å²) in [6.45, 7) is 7.62. The van der Waals surface area contributed by atoms with Crippen LogP contribution in [0.15, 0.2) is 0 Å².